The topological polar surface area (TPSA) is 69.6 Å². The number of hydrogen-bond donors (Lipinski definition) is 1. The summed E-state index contributed by atoms with van der Waals surface area (Å²) in [5, 5.41) is 0. The maximum Gasteiger partial charge on any atom is 0.160 e. The first-order valence-electron chi connectivity index (χ1n) is 6.20. The van der Waals surface area contributed by atoms with Gasteiger partial charge < -0.3 is 10.3 Å². The second-order valence-electron chi connectivity index (χ2n) is 4.74. The van der Waals surface area contributed by atoms with Crippen LogP contribution in [-0.4, -0.2) is 19.5 Å². The van der Waals surface area contributed by atoms with Gasteiger partial charge in [0.05, 0.1) is 23.6 Å². The molecule has 5 nitrogen and oxygen atoms in total. The van der Waals surface area contributed by atoms with Crippen LogP contribution in [-0.2, 0) is 0 Å². The Hall–Kier alpha value is -2.43. The molecular weight excluding hydrogens is 238 g/mol. The monoisotopic (exact) mass is 253 g/mol. The predicted octanol–water partition coefficient (Wildman–Crippen LogP) is 2.66. The standard InChI is InChI=1S/C14H15N5/c1-9(2)19-13-5-6-16-8-12(13)18-14(19)11-4-3-10(15)7-17-11/h3-9H,15H2,1-2H3. The lowest BCUT2D eigenvalue weighted by Crippen LogP contribution is -2.04. The molecule has 0 saturated carbocycles. The lowest BCUT2D eigenvalue weighted by Gasteiger charge is -2.12. The zero-order chi connectivity index (χ0) is 13.4. The van der Waals surface area contributed by atoms with Crippen molar-refractivity contribution in [2.24, 2.45) is 0 Å². The highest BCUT2D eigenvalue weighted by atomic mass is 15.1. The second-order valence-corrected chi connectivity index (χ2v) is 4.74. The SMILES string of the molecule is CC(C)n1c(-c2ccc(N)cn2)nc2cnccc21. The number of imidazole rings is 1. The first kappa shape index (κ1) is 11.6. The highest BCUT2D eigenvalue weighted by molar-refractivity contribution is 5.79. The van der Waals surface area contributed by atoms with Crippen molar-refractivity contribution in [2.75, 3.05) is 5.73 Å². The van der Waals surface area contributed by atoms with Gasteiger partial charge in [-0.15, -0.1) is 0 Å². The molecule has 3 aromatic heterocycles. The van der Waals surface area contributed by atoms with Gasteiger partial charge >= 0.3 is 0 Å². The van der Waals surface area contributed by atoms with Crippen LogP contribution in [0.3, 0.4) is 0 Å². The first-order chi connectivity index (χ1) is 9.16. The van der Waals surface area contributed by atoms with Crippen molar-refractivity contribution < 1.29 is 0 Å². The largest absolute Gasteiger partial charge is 0.397 e. The molecule has 0 aliphatic heterocycles. The van der Waals surface area contributed by atoms with E-state index in [9.17, 15) is 0 Å². The normalized spacial score (nSPS) is 11.3. The van der Waals surface area contributed by atoms with Crippen LogP contribution in [0.1, 0.15) is 19.9 Å². The molecule has 0 aliphatic carbocycles. The fraction of sp³-hybridized carbons (Fsp3) is 0.214. The Morgan fingerprint density at radius 3 is 2.68 bits per heavy atom. The van der Waals surface area contributed by atoms with Crippen LogP contribution in [0.5, 0.6) is 0 Å². The Kier molecular flexibility index (Phi) is 2.67. The summed E-state index contributed by atoms with van der Waals surface area (Å²) in [7, 11) is 0. The van der Waals surface area contributed by atoms with Crippen molar-refractivity contribution in [1.82, 2.24) is 19.5 Å². The molecule has 0 bridgehead atoms. The molecule has 19 heavy (non-hydrogen) atoms. The van der Waals surface area contributed by atoms with Crippen LogP contribution >= 0.6 is 0 Å². The number of aromatic nitrogens is 4. The van der Waals surface area contributed by atoms with E-state index in [4.69, 9.17) is 5.73 Å². The van der Waals surface area contributed by atoms with Crippen LogP contribution in [0.15, 0.2) is 36.8 Å². The van der Waals surface area contributed by atoms with E-state index >= 15 is 0 Å². The molecule has 0 aromatic carbocycles. The van der Waals surface area contributed by atoms with Gasteiger partial charge in [0.25, 0.3) is 0 Å². The van der Waals surface area contributed by atoms with Crippen LogP contribution in [0.2, 0.25) is 0 Å². The van der Waals surface area contributed by atoms with E-state index < -0.39 is 0 Å². The predicted molar refractivity (Wildman–Crippen MR) is 75.6 cm³/mol. The fourth-order valence-electron chi connectivity index (χ4n) is 2.19. The van der Waals surface area contributed by atoms with E-state index in [1.807, 2.05) is 18.2 Å². The third-order valence-electron chi connectivity index (χ3n) is 3.02. The smallest absolute Gasteiger partial charge is 0.160 e. The molecule has 0 fully saturated rings. The van der Waals surface area contributed by atoms with Gasteiger partial charge in [0.2, 0.25) is 0 Å². The van der Waals surface area contributed by atoms with E-state index in [2.05, 4.69) is 33.4 Å². The summed E-state index contributed by atoms with van der Waals surface area (Å²) in [4.78, 5) is 13.1. The molecule has 2 N–H and O–H groups in total. The Balaban J connectivity index is 2.28. The van der Waals surface area contributed by atoms with Crippen molar-refractivity contribution in [3.8, 4) is 11.5 Å². The van der Waals surface area contributed by atoms with Gasteiger partial charge in [0, 0.05) is 12.2 Å². The quantitative estimate of drug-likeness (QED) is 0.762. The van der Waals surface area contributed by atoms with E-state index in [0.717, 1.165) is 22.6 Å². The summed E-state index contributed by atoms with van der Waals surface area (Å²) in [6.45, 7) is 4.25. The summed E-state index contributed by atoms with van der Waals surface area (Å²) >= 11 is 0. The van der Waals surface area contributed by atoms with Crippen LogP contribution in [0, 0.1) is 0 Å². The molecule has 96 valence electrons. The molecule has 0 saturated heterocycles. The minimum atomic E-state index is 0.293. The molecule has 3 aromatic rings. The van der Waals surface area contributed by atoms with Crippen molar-refractivity contribution in [3.63, 3.8) is 0 Å². The summed E-state index contributed by atoms with van der Waals surface area (Å²) in [5.41, 5.74) is 9.09. The average Bonchev–Trinajstić information content (AvgIpc) is 2.78. The van der Waals surface area contributed by atoms with Crippen LogP contribution < -0.4 is 5.73 Å². The number of fused-ring (bicyclic) bond motifs is 1. The second kappa shape index (κ2) is 4.35. The molecular formula is C14H15N5. The van der Waals surface area contributed by atoms with E-state index in [0.29, 0.717) is 11.7 Å². The molecule has 0 amide bonds. The molecule has 0 aliphatic rings. The van der Waals surface area contributed by atoms with Gasteiger partial charge in [-0.1, -0.05) is 0 Å². The van der Waals surface area contributed by atoms with Crippen LogP contribution in [0.25, 0.3) is 22.6 Å². The van der Waals surface area contributed by atoms with Crippen molar-refractivity contribution >= 4 is 16.7 Å². The maximum atomic E-state index is 5.68. The number of pyridine rings is 2. The molecule has 3 rings (SSSR count). The Labute approximate surface area is 111 Å². The average molecular weight is 253 g/mol. The highest BCUT2D eigenvalue weighted by Crippen LogP contribution is 2.26. The molecule has 0 atom stereocenters. The van der Waals surface area contributed by atoms with Crippen molar-refractivity contribution in [1.29, 1.82) is 0 Å². The molecule has 0 spiro atoms. The molecule has 0 unspecified atom stereocenters. The van der Waals surface area contributed by atoms with Gasteiger partial charge in [-0.2, -0.15) is 0 Å². The third kappa shape index (κ3) is 1.93. The minimum Gasteiger partial charge on any atom is -0.397 e. The van der Waals surface area contributed by atoms with Crippen LogP contribution in [0.4, 0.5) is 5.69 Å². The van der Waals surface area contributed by atoms with Crippen molar-refractivity contribution in [2.45, 2.75) is 19.9 Å². The Morgan fingerprint density at radius 2 is 2.00 bits per heavy atom. The van der Waals surface area contributed by atoms with Gasteiger partial charge in [-0.25, -0.2) is 4.98 Å². The van der Waals surface area contributed by atoms with Crippen molar-refractivity contribution in [3.05, 3.63) is 36.8 Å². The summed E-state index contributed by atoms with van der Waals surface area (Å²) in [6.07, 6.45) is 5.20. The van der Waals surface area contributed by atoms with E-state index in [1.165, 1.54) is 0 Å². The highest BCUT2D eigenvalue weighted by Gasteiger charge is 2.15. The molecule has 5 heteroatoms. The Morgan fingerprint density at radius 1 is 1.16 bits per heavy atom. The number of anilines is 1. The number of nitrogens with two attached hydrogens (primary N) is 1. The number of hydrogen-bond acceptors (Lipinski definition) is 4. The lowest BCUT2D eigenvalue weighted by molar-refractivity contribution is 0.623. The number of nitrogens with zero attached hydrogens (tertiary/aromatic N) is 4. The maximum absolute atomic E-state index is 5.68. The summed E-state index contributed by atoms with van der Waals surface area (Å²) in [6, 6.07) is 6.00. The zero-order valence-electron chi connectivity index (χ0n) is 10.9. The fourth-order valence-corrected chi connectivity index (χ4v) is 2.19. The van der Waals surface area contributed by atoms with Gasteiger partial charge in [-0.05, 0) is 32.0 Å². The first-order valence-corrected chi connectivity index (χ1v) is 6.20. The van der Waals surface area contributed by atoms with Gasteiger partial charge in [0.1, 0.15) is 11.2 Å². The molecule has 0 radical (unpaired) electrons. The van der Waals surface area contributed by atoms with Gasteiger partial charge in [-0.3, -0.25) is 9.97 Å². The summed E-state index contributed by atoms with van der Waals surface area (Å²) in [5.74, 6) is 0.845. The number of nitrogen functional groups attached to an aromatic ring is 1. The zero-order valence-corrected chi connectivity index (χ0v) is 10.9. The summed E-state index contributed by atoms with van der Waals surface area (Å²) < 4.78 is 2.16. The minimum absolute atomic E-state index is 0.293. The molecule has 3 heterocycles. The Bertz CT molecular complexity index is 712. The van der Waals surface area contributed by atoms with E-state index in [-0.39, 0.29) is 0 Å². The number of rotatable bonds is 2. The van der Waals surface area contributed by atoms with E-state index in [1.54, 1.807) is 18.6 Å². The lowest BCUT2D eigenvalue weighted by atomic mass is 10.3. The van der Waals surface area contributed by atoms with Gasteiger partial charge in [0.15, 0.2) is 5.82 Å². The third-order valence-corrected chi connectivity index (χ3v) is 3.02.